The fraction of sp³-hybridized carbons (Fsp3) is 0.462. The molecule has 3 aromatic heterocycles. The maximum absolute atomic E-state index is 14.7. The van der Waals surface area contributed by atoms with Crippen molar-refractivity contribution in [3.63, 3.8) is 0 Å². The minimum atomic E-state index is -0.305. The number of pyridine rings is 3. The van der Waals surface area contributed by atoms with Crippen molar-refractivity contribution in [1.82, 2.24) is 25.2 Å². The summed E-state index contributed by atoms with van der Waals surface area (Å²) in [4.78, 5) is 28.4. The average Bonchev–Trinajstić information content (AvgIpc) is 3.44. The van der Waals surface area contributed by atoms with E-state index >= 15 is 0 Å². The first-order chi connectivity index (χ1) is 17.6. The average molecular weight is 509 g/mol. The molecule has 0 radical (unpaired) electrons. The van der Waals surface area contributed by atoms with Gasteiger partial charge in [-0.15, -0.1) is 11.8 Å². The predicted molar refractivity (Wildman–Crippen MR) is 137 cm³/mol. The highest BCUT2D eigenvalue weighted by molar-refractivity contribution is 8.00. The lowest BCUT2D eigenvalue weighted by atomic mass is 10.0. The number of halogens is 1. The summed E-state index contributed by atoms with van der Waals surface area (Å²) in [6, 6.07) is 8.14. The van der Waals surface area contributed by atoms with Gasteiger partial charge in [0.25, 0.3) is 0 Å². The van der Waals surface area contributed by atoms with Crippen molar-refractivity contribution in [3.8, 4) is 5.88 Å². The van der Waals surface area contributed by atoms with Gasteiger partial charge >= 0.3 is 0 Å². The van der Waals surface area contributed by atoms with Gasteiger partial charge in [0.1, 0.15) is 11.6 Å². The molecular formula is C26H29FN6O2S. The van der Waals surface area contributed by atoms with Crippen LogP contribution in [0.15, 0.2) is 35.4 Å². The van der Waals surface area contributed by atoms with Gasteiger partial charge in [0.05, 0.1) is 40.7 Å². The van der Waals surface area contributed by atoms with Crippen LogP contribution in [0.25, 0.3) is 11.0 Å². The van der Waals surface area contributed by atoms with Crippen molar-refractivity contribution in [2.24, 2.45) is 11.8 Å². The topological polar surface area (TPSA) is 92.3 Å². The van der Waals surface area contributed by atoms with Crippen LogP contribution in [0.3, 0.4) is 0 Å². The Kier molecular flexibility index (Phi) is 6.49. The minimum Gasteiger partial charge on any atom is -0.481 e. The molecule has 3 atom stereocenters. The number of methoxy groups -OCH3 is 1. The quantitative estimate of drug-likeness (QED) is 0.503. The molecule has 3 aromatic rings. The molecule has 188 valence electrons. The number of carbonyl (C=O) groups excluding carboxylic acids is 1. The van der Waals surface area contributed by atoms with Crippen molar-refractivity contribution in [2.75, 3.05) is 37.8 Å². The third-order valence-electron chi connectivity index (χ3n) is 7.56. The Morgan fingerprint density at radius 3 is 2.83 bits per heavy atom. The first-order valence-corrected chi connectivity index (χ1v) is 13.4. The predicted octanol–water partition coefficient (Wildman–Crippen LogP) is 3.26. The van der Waals surface area contributed by atoms with Crippen LogP contribution in [-0.2, 0) is 17.8 Å². The lowest BCUT2D eigenvalue weighted by Crippen LogP contribution is -2.31. The van der Waals surface area contributed by atoms with E-state index in [0.29, 0.717) is 64.9 Å². The Labute approximate surface area is 213 Å². The molecule has 2 fully saturated rings. The van der Waals surface area contributed by atoms with Crippen LogP contribution in [0.4, 0.5) is 10.2 Å². The molecule has 6 rings (SSSR count). The number of hydrogen-bond acceptors (Lipinski definition) is 8. The number of likely N-dealkylation sites (tertiary alicyclic amines) is 1. The zero-order valence-electron chi connectivity index (χ0n) is 20.2. The lowest BCUT2D eigenvalue weighted by molar-refractivity contribution is -0.113. The molecule has 0 aromatic carbocycles. The summed E-state index contributed by atoms with van der Waals surface area (Å²) in [6.45, 7) is 3.60. The monoisotopic (exact) mass is 508 g/mol. The molecule has 5 heterocycles. The van der Waals surface area contributed by atoms with Gasteiger partial charge in [0.2, 0.25) is 11.8 Å². The molecule has 2 N–H and O–H groups in total. The standard InChI is InChI=1S/C26H29FN6O2S/c1-35-24-5-3-21-25(32-24)19(20(27)11-29-21)6-7-33-12-15-8-18(9-16(15)13-33)28-10-17-2-4-22-26(30-17)31-23(34)14-36-22/h2-5,11,15-16,18,28H,6-10,12-14H2,1H3,(H,30,31,34)/t15-,16+,18-. The highest BCUT2D eigenvalue weighted by atomic mass is 32.2. The third kappa shape index (κ3) is 4.77. The molecule has 0 spiro atoms. The number of rotatable bonds is 7. The number of nitrogens with one attached hydrogen (secondary N) is 2. The number of nitrogens with zero attached hydrogens (tertiary/aromatic N) is 4. The summed E-state index contributed by atoms with van der Waals surface area (Å²) < 4.78 is 19.9. The fourth-order valence-corrected chi connectivity index (χ4v) is 6.55. The fourth-order valence-electron chi connectivity index (χ4n) is 5.80. The van der Waals surface area contributed by atoms with Crippen LogP contribution in [0.2, 0.25) is 0 Å². The molecule has 8 nitrogen and oxygen atoms in total. The van der Waals surface area contributed by atoms with Crippen LogP contribution in [0, 0.1) is 17.7 Å². The van der Waals surface area contributed by atoms with E-state index in [9.17, 15) is 9.18 Å². The summed E-state index contributed by atoms with van der Waals surface area (Å²) in [7, 11) is 1.56. The zero-order valence-corrected chi connectivity index (χ0v) is 21.0. The zero-order chi connectivity index (χ0) is 24.6. The van der Waals surface area contributed by atoms with E-state index in [4.69, 9.17) is 4.74 Å². The summed E-state index contributed by atoms with van der Waals surface area (Å²) in [6.07, 6.45) is 4.18. The minimum absolute atomic E-state index is 0.00845. The number of aromatic nitrogens is 3. The summed E-state index contributed by atoms with van der Waals surface area (Å²) in [5, 5.41) is 6.55. The molecule has 1 aliphatic carbocycles. The number of carbonyl (C=O) groups is 1. The smallest absolute Gasteiger partial charge is 0.235 e. The van der Waals surface area contributed by atoms with Gasteiger partial charge in [-0.3, -0.25) is 9.78 Å². The Morgan fingerprint density at radius 2 is 2.03 bits per heavy atom. The second kappa shape index (κ2) is 9.91. The van der Waals surface area contributed by atoms with Crippen LogP contribution >= 0.6 is 11.8 Å². The number of thioether (sulfide) groups is 1. The summed E-state index contributed by atoms with van der Waals surface area (Å²) in [5.41, 5.74) is 2.84. The molecule has 1 saturated heterocycles. The molecule has 1 amide bonds. The number of ether oxygens (including phenoxy) is 1. The van der Waals surface area contributed by atoms with Gasteiger partial charge in [-0.1, -0.05) is 0 Å². The van der Waals surface area contributed by atoms with E-state index in [2.05, 4.69) is 30.5 Å². The molecular weight excluding hydrogens is 479 g/mol. The van der Waals surface area contributed by atoms with Gasteiger partial charge in [-0.25, -0.2) is 14.4 Å². The molecule has 0 bridgehead atoms. The van der Waals surface area contributed by atoms with E-state index < -0.39 is 0 Å². The van der Waals surface area contributed by atoms with Crippen molar-refractivity contribution < 1.29 is 13.9 Å². The van der Waals surface area contributed by atoms with Crippen LogP contribution in [-0.4, -0.2) is 64.3 Å². The SMILES string of the molecule is COc1ccc2ncc(F)c(CCN3C[C@H]4C[C@@H](NCc5ccc6c(n5)NC(=O)CS6)C[C@H]4C3)c2n1. The Bertz CT molecular complexity index is 1290. The van der Waals surface area contributed by atoms with Crippen molar-refractivity contribution in [3.05, 3.63) is 47.5 Å². The van der Waals surface area contributed by atoms with Gasteiger partial charge in [-0.05, 0) is 49.3 Å². The highest BCUT2D eigenvalue weighted by Crippen LogP contribution is 2.38. The third-order valence-corrected chi connectivity index (χ3v) is 8.60. The van der Waals surface area contributed by atoms with Gasteiger partial charge in [0, 0.05) is 43.9 Å². The van der Waals surface area contributed by atoms with Crippen LogP contribution in [0.1, 0.15) is 24.1 Å². The number of anilines is 1. The van der Waals surface area contributed by atoms with E-state index in [1.54, 1.807) is 13.2 Å². The Balaban J connectivity index is 1.02. The highest BCUT2D eigenvalue weighted by Gasteiger charge is 2.40. The molecule has 36 heavy (non-hydrogen) atoms. The van der Waals surface area contributed by atoms with E-state index in [1.807, 2.05) is 18.2 Å². The second-order valence-electron chi connectivity index (χ2n) is 9.87. The molecule has 0 unspecified atom stereocenters. The lowest BCUT2D eigenvalue weighted by Gasteiger charge is -2.20. The molecule has 10 heteroatoms. The first kappa shape index (κ1) is 23.6. The summed E-state index contributed by atoms with van der Waals surface area (Å²) in [5.74, 6) is 2.63. The Morgan fingerprint density at radius 1 is 1.19 bits per heavy atom. The van der Waals surface area contributed by atoms with Crippen molar-refractivity contribution >= 4 is 34.5 Å². The Hall–Kier alpha value is -2.82. The van der Waals surface area contributed by atoms with Gasteiger partial charge in [0.15, 0.2) is 0 Å². The second-order valence-corrected chi connectivity index (χ2v) is 10.9. The van der Waals surface area contributed by atoms with Gasteiger partial charge in [-0.2, -0.15) is 0 Å². The van der Waals surface area contributed by atoms with E-state index in [1.165, 1.54) is 18.0 Å². The van der Waals surface area contributed by atoms with E-state index in [0.717, 1.165) is 43.1 Å². The normalized spacial score (nSPS) is 23.5. The number of amides is 1. The summed E-state index contributed by atoms with van der Waals surface area (Å²) >= 11 is 1.53. The molecule has 1 saturated carbocycles. The number of hydrogen-bond donors (Lipinski definition) is 2. The molecule has 3 aliphatic rings. The van der Waals surface area contributed by atoms with Crippen molar-refractivity contribution in [2.45, 2.75) is 36.7 Å². The largest absolute Gasteiger partial charge is 0.481 e. The maximum Gasteiger partial charge on any atom is 0.235 e. The van der Waals surface area contributed by atoms with Crippen LogP contribution < -0.4 is 15.4 Å². The van der Waals surface area contributed by atoms with E-state index in [-0.39, 0.29) is 11.7 Å². The van der Waals surface area contributed by atoms with Gasteiger partial charge < -0.3 is 20.3 Å². The first-order valence-electron chi connectivity index (χ1n) is 12.4. The van der Waals surface area contributed by atoms with Crippen LogP contribution in [0.5, 0.6) is 5.88 Å². The number of fused-ring (bicyclic) bond motifs is 3. The molecule has 2 aliphatic heterocycles. The maximum atomic E-state index is 14.7. The van der Waals surface area contributed by atoms with Crippen molar-refractivity contribution in [1.29, 1.82) is 0 Å².